The van der Waals surface area contributed by atoms with Gasteiger partial charge in [-0.2, -0.15) is 0 Å². The maximum atomic E-state index is 6.31. The van der Waals surface area contributed by atoms with Gasteiger partial charge in [-0.15, -0.1) is 0 Å². The van der Waals surface area contributed by atoms with Gasteiger partial charge in [0.15, 0.2) is 0 Å². The first-order valence-electron chi connectivity index (χ1n) is 6.35. The number of nitrogens with zero attached hydrogens (tertiary/aromatic N) is 2. The van der Waals surface area contributed by atoms with Gasteiger partial charge in [0.2, 0.25) is 5.88 Å². The summed E-state index contributed by atoms with van der Waals surface area (Å²) < 4.78 is 5.22. The predicted octanol–water partition coefficient (Wildman–Crippen LogP) is 2.70. The molecular formula is C13H23N3O. The van der Waals surface area contributed by atoms with Crippen LogP contribution in [0.25, 0.3) is 0 Å². The molecule has 0 aliphatic heterocycles. The van der Waals surface area contributed by atoms with E-state index in [1.807, 2.05) is 0 Å². The average molecular weight is 237 g/mol. The first-order valence-corrected chi connectivity index (χ1v) is 6.35. The van der Waals surface area contributed by atoms with Crippen molar-refractivity contribution in [1.29, 1.82) is 0 Å². The first-order chi connectivity index (χ1) is 8.24. The molecule has 17 heavy (non-hydrogen) atoms. The summed E-state index contributed by atoms with van der Waals surface area (Å²) in [5, 5.41) is 0. The molecule has 0 aromatic carbocycles. The Morgan fingerprint density at radius 2 is 1.76 bits per heavy atom. The van der Waals surface area contributed by atoms with Crippen molar-refractivity contribution in [2.24, 2.45) is 11.7 Å². The summed E-state index contributed by atoms with van der Waals surface area (Å²) in [6, 6.07) is -0.0847. The minimum atomic E-state index is -0.0847. The lowest BCUT2D eigenvalue weighted by Crippen LogP contribution is -2.23. The Bertz CT molecular complexity index is 324. The highest BCUT2D eigenvalue weighted by atomic mass is 16.5. The van der Waals surface area contributed by atoms with Gasteiger partial charge in [0.05, 0.1) is 13.2 Å². The minimum Gasteiger partial charge on any atom is -0.480 e. The van der Waals surface area contributed by atoms with Gasteiger partial charge in [-0.1, -0.05) is 26.7 Å². The fourth-order valence-corrected chi connectivity index (χ4v) is 2.19. The van der Waals surface area contributed by atoms with Crippen molar-refractivity contribution in [2.75, 3.05) is 7.11 Å². The molecule has 1 unspecified atom stereocenters. The zero-order chi connectivity index (χ0) is 12.7. The molecule has 1 aromatic rings. The molecule has 0 saturated heterocycles. The quantitative estimate of drug-likeness (QED) is 0.792. The summed E-state index contributed by atoms with van der Waals surface area (Å²) in [4.78, 5) is 8.48. The number of methoxy groups -OCH3 is 1. The van der Waals surface area contributed by atoms with Crippen LogP contribution in [-0.4, -0.2) is 17.1 Å². The van der Waals surface area contributed by atoms with E-state index in [0.717, 1.165) is 31.4 Å². The molecule has 0 bridgehead atoms. The fraction of sp³-hybridized carbons (Fsp3) is 0.692. The molecule has 0 amide bonds. The molecule has 0 aliphatic carbocycles. The Labute approximate surface area is 104 Å². The van der Waals surface area contributed by atoms with Crippen LogP contribution in [0.4, 0.5) is 0 Å². The minimum absolute atomic E-state index is 0.0847. The van der Waals surface area contributed by atoms with E-state index < -0.39 is 0 Å². The molecule has 0 saturated carbocycles. The standard InChI is InChI=1S/C13H23N3O/c1-4-6-10(7-5-2)11(14)12-13(17-3)16-9-8-15-12/h8-11H,4-7,14H2,1-3H3. The second kappa shape index (κ2) is 7.22. The molecular weight excluding hydrogens is 214 g/mol. The van der Waals surface area contributed by atoms with Crippen LogP contribution in [-0.2, 0) is 0 Å². The molecule has 1 atom stereocenters. The molecule has 4 nitrogen and oxygen atoms in total. The summed E-state index contributed by atoms with van der Waals surface area (Å²) in [6.07, 6.45) is 7.82. The number of hydrogen-bond donors (Lipinski definition) is 1. The van der Waals surface area contributed by atoms with E-state index in [1.165, 1.54) is 0 Å². The second-order valence-electron chi connectivity index (χ2n) is 4.31. The monoisotopic (exact) mass is 237 g/mol. The molecule has 96 valence electrons. The molecule has 0 fully saturated rings. The van der Waals surface area contributed by atoms with Crippen molar-refractivity contribution < 1.29 is 4.74 Å². The maximum Gasteiger partial charge on any atom is 0.236 e. The first kappa shape index (κ1) is 13.9. The summed E-state index contributed by atoms with van der Waals surface area (Å²) in [6.45, 7) is 4.37. The molecule has 0 radical (unpaired) electrons. The number of ether oxygens (including phenoxy) is 1. The van der Waals surface area contributed by atoms with Crippen LogP contribution >= 0.6 is 0 Å². The third-order valence-corrected chi connectivity index (χ3v) is 3.03. The smallest absolute Gasteiger partial charge is 0.236 e. The van der Waals surface area contributed by atoms with Crippen LogP contribution < -0.4 is 10.5 Å². The Balaban J connectivity index is 2.87. The van der Waals surface area contributed by atoms with Gasteiger partial charge in [-0.3, -0.25) is 4.98 Å². The van der Waals surface area contributed by atoms with Crippen LogP contribution in [0.5, 0.6) is 5.88 Å². The SMILES string of the molecule is CCCC(CCC)C(N)c1nccnc1OC. The molecule has 4 heteroatoms. The molecule has 1 aromatic heterocycles. The average Bonchev–Trinajstić information content (AvgIpc) is 2.37. The topological polar surface area (TPSA) is 61.0 Å². The van der Waals surface area contributed by atoms with Gasteiger partial charge in [-0.25, -0.2) is 4.98 Å². The third-order valence-electron chi connectivity index (χ3n) is 3.03. The lowest BCUT2D eigenvalue weighted by atomic mass is 9.89. The van der Waals surface area contributed by atoms with Gasteiger partial charge >= 0.3 is 0 Å². The highest BCUT2D eigenvalue weighted by Gasteiger charge is 2.22. The Kier molecular flexibility index (Phi) is 5.91. The normalized spacial score (nSPS) is 12.8. The molecule has 2 N–H and O–H groups in total. The van der Waals surface area contributed by atoms with Crippen LogP contribution in [0.2, 0.25) is 0 Å². The predicted molar refractivity (Wildman–Crippen MR) is 68.8 cm³/mol. The van der Waals surface area contributed by atoms with Gasteiger partial charge in [0.25, 0.3) is 0 Å². The highest BCUT2D eigenvalue weighted by molar-refractivity contribution is 5.21. The van der Waals surface area contributed by atoms with Crippen LogP contribution in [0.1, 0.15) is 51.3 Å². The Morgan fingerprint density at radius 1 is 1.18 bits per heavy atom. The second-order valence-corrected chi connectivity index (χ2v) is 4.31. The van der Waals surface area contributed by atoms with Gasteiger partial charge in [-0.05, 0) is 18.8 Å². The van der Waals surface area contributed by atoms with E-state index in [4.69, 9.17) is 10.5 Å². The van der Waals surface area contributed by atoms with Crippen LogP contribution in [0.15, 0.2) is 12.4 Å². The van der Waals surface area contributed by atoms with Crippen LogP contribution in [0, 0.1) is 5.92 Å². The highest BCUT2D eigenvalue weighted by Crippen LogP contribution is 2.30. The van der Waals surface area contributed by atoms with E-state index in [-0.39, 0.29) is 6.04 Å². The van der Waals surface area contributed by atoms with Gasteiger partial charge in [0, 0.05) is 12.4 Å². The Morgan fingerprint density at radius 3 is 2.29 bits per heavy atom. The summed E-state index contributed by atoms with van der Waals surface area (Å²) in [7, 11) is 1.61. The van der Waals surface area contributed by atoms with Crippen molar-refractivity contribution in [1.82, 2.24) is 9.97 Å². The lowest BCUT2D eigenvalue weighted by Gasteiger charge is -2.23. The largest absolute Gasteiger partial charge is 0.480 e. The molecule has 0 aliphatic rings. The van der Waals surface area contributed by atoms with Crippen molar-refractivity contribution in [3.63, 3.8) is 0 Å². The zero-order valence-corrected chi connectivity index (χ0v) is 11.0. The lowest BCUT2D eigenvalue weighted by molar-refractivity contribution is 0.336. The summed E-state index contributed by atoms with van der Waals surface area (Å²) in [5.41, 5.74) is 7.08. The van der Waals surface area contributed by atoms with Gasteiger partial charge in [0.1, 0.15) is 5.69 Å². The van der Waals surface area contributed by atoms with Gasteiger partial charge < -0.3 is 10.5 Å². The van der Waals surface area contributed by atoms with E-state index in [0.29, 0.717) is 11.8 Å². The van der Waals surface area contributed by atoms with Crippen LogP contribution in [0.3, 0.4) is 0 Å². The van der Waals surface area contributed by atoms with Crippen molar-refractivity contribution >= 4 is 0 Å². The number of aromatic nitrogens is 2. The Hall–Kier alpha value is -1.16. The number of rotatable bonds is 7. The summed E-state index contributed by atoms with van der Waals surface area (Å²) in [5.74, 6) is 1.01. The molecule has 1 rings (SSSR count). The van der Waals surface area contributed by atoms with E-state index in [1.54, 1.807) is 19.5 Å². The molecule has 1 heterocycles. The zero-order valence-electron chi connectivity index (χ0n) is 11.0. The van der Waals surface area contributed by atoms with E-state index in [9.17, 15) is 0 Å². The van der Waals surface area contributed by atoms with Crippen molar-refractivity contribution in [3.8, 4) is 5.88 Å². The third kappa shape index (κ3) is 3.66. The number of hydrogen-bond acceptors (Lipinski definition) is 4. The number of nitrogens with two attached hydrogens (primary N) is 1. The maximum absolute atomic E-state index is 6.31. The van der Waals surface area contributed by atoms with E-state index >= 15 is 0 Å². The summed E-state index contributed by atoms with van der Waals surface area (Å²) >= 11 is 0. The van der Waals surface area contributed by atoms with E-state index in [2.05, 4.69) is 23.8 Å². The van der Waals surface area contributed by atoms with Crippen molar-refractivity contribution in [3.05, 3.63) is 18.1 Å². The fourth-order valence-electron chi connectivity index (χ4n) is 2.19. The molecule has 0 spiro atoms. The van der Waals surface area contributed by atoms with Crippen molar-refractivity contribution in [2.45, 2.75) is 45.6 Å².